The molecule has 0 aliphatic carbocycles. The number of amides is 1. The number of primary sulfonamides is 1. The number of hydrogen-bond donors (Lipinski definition) is 1. The average molecular weight is 405 g/mol. The third-order valence-corrected chi connectivity index (χ3v) is 5.23. The first-order chi connectivity index (χ1) is 12.0. The Morgan fingerprint density at radius 1 is 1.31 bits per heavy atom. The molecule has 0 radical (unpaired) electrons. The second-order valence-corrected chi connectivity index (χ2v) is 8.18. The fourth-order valence-electron chi connectivity index (χ4n) is 2.74. The van der Waals surface area contributed by atoms with E-state index in [2.05, 4.69) is 0 Å². The lowest BCUT2D eigenvalue weighted by molar-refractivity contribution is -0.151. The number of halogens is 1. The minimum atomic E-state index is -4.09. The summed E-state index contributed by atoms with van der Waals surface area (Å²) in [5.41, 5.74) is -0.0678. The Balaban J connectivity index is 2.11. The van der Waals surface area contributed by atoms with E-state index in [0.717, 1.165) is 6.07 Å². The molecule has 1 aliphatic heterocycles. The van der Waals surface area contributed by atoms with Crippen LogP contribution in [0.25, 0.3) is 0 Å². The van der Waals surface area contributed by atoms with Gasteiger partial charge < -0.3 is 14.4 Å². The molecule has 1 aromatic carbocycles. The number of rotatable bonds is 4. The highest BCUT2D eigenvalue weighted by atomic mass is 35.5. The summed E-state index contributed by atoms with van der Waals surface area (Å²) in [5, 5.41) is 4.96. The largest absolute Gasteiger partial charge is 0.449 e. The van der Waals surface area contributed by atoms with Gasteiger partial charge in [0.15, 0.2) is 6.10 Å². The van der Waals surface area contributed by atoms with Crippen molar-refractivity contribution in [1.29, 1.82) is 0 Å². The maximum atomic E-state index is 12.5. The van der Waals surface area contributed by atoms with Gasteiger partial charge in [-0.25, -0.2) is 18.4 Å². The van der Waals surface area contributed by atoms with Gasteiger partial charge in [-0.1, -0.05) is 11.6 Å². The number of nitrogens with zero attached hydrogens (tertiary/aromatic N) is 1. The Kier molecular flexibility index (Phi) is 6.28. The van der Waals surface area contributed by atoms with Crippen molar-refractivity contribution in [2.45, 2.75) is 44.0 Å². The number of hydrogen-bond acceptors (Lipinski definition) is 6. The van der Waals surface area contributed by atoms with Gasteiger partial charge in [-0.2, -0.15) is 0 Å². The average Bonchev–Trinajstić information content (AvgIpc) is 2.52. The van der Waals surface area contributed by atoms with Gasteiger partial charge in [0.1, 0.15) is 4.90 Å². The zero-order valence-corrected chi connectivity index (χ0v) is 16.2. The third-order valence-electron chi connectivity index (χ3n) is 3.84. The van der Waals surface area contributed by atoms with Crippen molar-refractivity contribution in [1.82, 2.24) is 4.90 Å². The monoisotopic (exact) mass is 404 g/mol. The van der Waals surface area contributed by atoms with Crippen LogP contribution in [0.1, 0.15) is 31.1 Å². The van der Waals surface area contributed by atoms with E-state index in [9.17, 15) is 18.0 Å². The highest BCUT2D eigenvalue weighted by molar-refractivity contribution is 7.89. The SMILES string of the molecule is CC1CN(C(=O)C(C)OC(=O)c2ccc(Cl)c(S(N)(=O)=O)c2)CC(C)O1. The number of carbonyl (C=O) groups excluding carboxylic acids is 2. The zero-order chi connectivity index (χ0) is 19.6. The van der Waals surface area contributed by atoms with Gasteiger partial charge in [-0.05, 0) is 39.0 Å². The molecule has 1 amide bonds. The van der Waals surface area contributed by atoms with Crippen LogP contribution < -0.4 is 5.14 Å². The molecule has 0 bridgehead atoms. The lowest BCUT2D eigenvalue weighted by Crippen LogP contribution is -2.51. The normalized spacial score (nSPS) is 22.0. The summed E-state index contributed by atoms with van der Waals surface area (Å²) in [6.07, 6.45) is -1.26. The van der Waals surface area contributed by atoms with E-state index in [4.69, 9.17) is 26.2 Å². The maximum Gasteiger partial charge on any atom is 0.338 e. The number of ether oxygens (including phenoxy) is 2. The van der Waals surface area contributed by atoms with E-state index in [1.54, 1.807) is 4.90 Å². The van der Waals surface area contributed by atoms with Gasteiger partial charge in [0.2, 0.25) is 10.0 Å². The lowest BCUT2D eigenvalue weighted by atomic mass is 10.2. The lowest BCUT2D eigenvalue weighted by Gasteiger charge is -2.36. The van der Waals surface area contributed by atoms with Crippen LogP contribution in [-0.2, 0) is 24.3 Å². The molecule has 0 spiro atoms. The smallest absolute Gasteiger partial charge is 0.338 e. The minimum Gasteiger partial charge on any atom is -0.449 e. The molecule has 2 rings (SSSR count). The molecular formula is C16H21ClN2O6S. The number of benzene rings is 1. The number of nitrogens with two attached hydrogens (primary N) is 1. The van der Waals surface area contributed by atoms with Crippen LogP contribution in [0.5, 0.6) is 0 Å². The number of carbonyl (C=O) groups is 2. The van der Waals surface area contributed by atoms with Crippen LogP contribution >= 0.6 is 11.6 Å². The van der Waals surface area contributed by atoms with Gasteiger partial charge >= 0.3 is 5.97 Å². The number of sulfonamides is 1. The van der Waals surface area contributed by atoms with Crippen molar-refractivity contribution >= 4 is 33.5 Å². The number of esters is 1. The summed E-state index contributed by atoms with van der Waals surface area (Å²) in [5.74, 6) is -1.19. The predicted molar refractivity (Wildman–Crippen MR) is 94.3 cm³/mol. The quantitative estimate of drug-likeness (QED) is 0.753. The molecule has 0 saturated carbocycles. The van der Waals surface area contributed by atoms with Crippen molar-refractivity contribution in [3.63, 3.8) is 0 Å². The van der Waals surface area contributed by atoms with Crippen LogP contribution in [0.2, 0.25) is 5.02 Å². The van der Waals surface area contributed by atoms with E-state index in [1.807, 2.05) is 13.8 Å². The molecule has 1 heterocycles. The van der Waals surface area contributed by atoms with Crippen molar-refractivity contribution in [2.24, 2.45) is 5.14 Å². The Labute approximate surface area is 157 Å². The molecule has 0 aromatic heterocycles. The predicted octanol–water partition coefficient (Wildman–Crippen LogP) is 1.17. The van der Waals surface area contributed by atoms with Crippen LogP contribution in [-0.4, -0.2) is 56.6 Å². The van der Waals surface area contributed by atoms with Gasteiger partial charge in [-0.15, -0.1) is 0 Å². The van der Waals surface area contributed by atoms with Crippen LogP contribution in [0, 0.1) is 0 Å². The first kappa shape index (κ1) is 20.6. The maximum absolute atomic E-state index is 12.5. The molecule has 8 nitrogen and oxygen atoms in total. The Bertz CT molecular complexity index is 803. The summed E-state index contributed by atoms with van der Waals surface area (Å²) in [6, 6.07) is 3.56. The number of morpholine rings is 1. The fourth-order valence-corrected chi connectivity index (χ4v) is 3.81. The molecule has 1 aliphatic rings. The summed E-state index contributed by atoms with van der Waals surface area (Å²) in [4.78, 5) is 25.9. The van der Waals surface area contributed by atoms with Gasteiger partial charge in [0.25, 0.3) is 5.91 Å². The minimum absolute atomic E-state index is 0.0678. The molecule has 10 heteroatoms. The van der Waals surface area contributed by atoms with E-state index >= 15 is 0 Å². The summed E-state index contributed by atoms with van der Waals surface area (Å²) in [7, 11) is -4.09. The molecule has 144 valence electrons. The van der Waals surface area contributed by atoms with E-state index < -0.39 is 22.1 Å². The molecule has 2 N–H and O–H groups in total. The second-order valence-electron chi connectivity index (χ2n) is 6.24. The topological polar surface area (TPSA) is 116 Å². The summed E-state index contributed by atoms with van der Waals surface area (Å²) < 4.78 is 33.7. The summed E-state index contributed by atoms with van der Waals surface area (Å²) in [6.45, 7) is 5.98. The summed E-state index contributed by atoms with van der Waals surface area (Å²) >= 11 is 5.79. The highest BCUT2D eigenvalue weighted by Crippen LogP contribution is 2.22. The van der Waals surface area contributed by atoms with Crippen LogP contribution in [0.15, 0.2) is 23.1 Å². The first-order valence-electron chi connectivity index (χ1n) is 7.96. The highest BCUT2D eigenvalue weighted by Gasteiger charge is 2.30. The second kappa shape index (κ2) is 7.91. The molecule has 3 unspecified atom stereocenters. The van der Waals surface area contributed by atoms with Crippen LogP contribution in [0.3, 0.4) is 0 Å². The standard InChI is InChI=1S/C16H21ClN2O6S/c1-9-7-19(8-10(2)24-9)15(20)11(3)25-16(21)12-4-5-13(17)14(6-12)26(18,22)23/h4-6,9-11H,7-8H2,1-3H3,(H2,18,22,23). The van der Waals surface area contributed by atoms with Crippen LogP contribution in [0.4, 0.5) is 0 Å². The Morgan fingerprint density at radius 2 is 1.88 bits per heavy atom. The molecule has 26 heavy (non-hydrogen) atoms. The van der Waals surface area contributed by atoms with Crippen molar-refractivity contribution in [3.8, 4) is 0 Å². The van der Waals surface area contributed by atoms with E-state index in [1.165, 1.54) is 19.1 Å². The Hall–Kier alpha value is -1.68. The Morgan fingerprint density at radius 3 is 2.42 bits per heavy atom. The zero-order valence-electron chi connectivity index (χ0n) is 14.6. The van der Waals surface area contributed by atoms with Crippen molar-refractivity contribution < 1.29 is 27.5 Å². The molecule has 3 atom stereocenters. The molecule has 1 aromatic rings. The van der Waals surface area contributed by atoms with E-state index in [-0.39, 0.29) is 33.6 Å². The first-order valence-corrected chi connectivity index (χ1v) is 9.89. The fraction of sp³-hybridized carbons (Fsp3) is 0.500. The molecule has 1 fully saturated rings. The van der Waals surface area contributed by atoms with E-state index in [0.29, 0.717) is 13.1 Å². The van der Waals surface area contributed by atoms with Crippen molar-refractivity contribution in [3.05, 3.63) is 28.8 Å². The van der Waals surface area contributed by atoms with Gasteiger partial charge in [0, 0.05) is 13.1 Å². The van der Waals surface area contributed by atoms with Crippen molar-refractivity contribution in [2.75, 3.05) is 13.1 Å². The third kappa shape index (κ3) is 4.94. The van der Waals surface area contributed by atoms with Gasteiger partial charge in [-0.3, -0.25) is 4.79 Å². The van der Waals surface area contributed by atoms with Gasteiger partial charge in [0.05, 0.1) is 22.8 Å². The molecule has 1 saturated heterocycles. The molecular weight excluding hydrogens is 384 g/mol.